The molecule has 0 radical (unpaired) electrons. The van der Waals surface area contributed by atoms with Gasteiger partial charge in [-0.05, 0) is 38.0 Å². The van der Waals surface area contributed by atoms with Crippen molar-refractivity contribution in [3.05, 3.63) is 23.8 Å². The molecule has 2 unspecified atom stereocenters. The lowest BCUT2D eigenvalue weighted by Gasteiger charge is -2.42. The number of benzene rings is 1. The summed E-state index contributed by atoms with van der Waals surface area (Å²) in [6.45, 7) is 6.08. The van der Waals surface area contributed by atoms with Gasteiger partial charge in [-0.1, -0.05) is 12.8 Å². The van der Waals surface area contributed by atoms with Gasteiger partial charge in [0.25, 0.3) is 0 Å². The molecular formula is C21H33N3O3. The summed E-state index contributed by atoms with van der Waals surface area (Å²) < 4.78 is 10.8. The number of hydrogen-bond acceptors (Lipinski definition) is 5. The van der Waals surface area contributed by atoms with Crippen LogP contribution in [0.25, 0.3) is 0 Å². The van der Waals surface area contributed by atoms with Gasteiger partial charge < -0.3 is 20.1 Å². The predicted molar refractivity (Wildman–Crippen MR) is 106 cm³/mol. The third-order valence-corrected chi connectivity index (χ3v) is 6.12. The molecule has 1 amide bonds. The fourth-order valence-corrected chi connectivity index (χ4v) is 4.36. The Balaban J connectivity index is 1.58. The first-order valence-corrected chi connectivity index (χ1v) is 9.95. The Morgan fingerprint density at radius 3 is 2.56 bits per heavy atom. The zero-order valence-electron chi connectivity index (χ0n) is 16.9. The van der Waals surface area contributed by atoms with Crippen LogP contribution in [0, 0.1) is 5.92 Å². The first-order valence-electron chi connectivity index (χ1n) is 9.95. The third-order valence-electron chi connectivity index (χ3n) is 6.12. The van der Waals surface area contributed by atoms with Crippen molar-refractivity contribution >= 4 is 5.91 Å². The number of hydrogen-bond donors (Lipinski definition) is 1. The summed E-state index contributed by atoms with van der Waals surface area (Å²) in [5.74, 6) is 1.92. The van der Waals surface area contributed by atoms with Crippen LogP contribution in [-0.4, -0.2) is 61.6 Å². The Morgan fingerprint density at radius 1 is 1.19 bits per heavy atom. The molecular weight excluding hydrogens is 342 g/mol. The number of carbonyl (C=O) groups excluding carboxylic acids is 1. The second kappa shape index (κ2) is 8.48. The van der Waals surface area contributed by atoms with Crippen molar-refractivity contribution in [2.75, 3.05) is 40.4 Å². The number of carbonyl (C=O) groups is 1. The molecule has 150 valence electrons. The summed E-state index contributed by atoms with van der Waals surface area (Å²) in [5.41, 5.74) is 7.18. The van der Waals surface area contributed by atoms with E-state index in [0.717, 1.165) is 75.5 Å². The van der Waals surface area contributed by atoms with Gasteiger partial charge in [-0.2, -0.15) is 0 Å². The molecule has 0 spiro atoms. The van der Waals surface area contributed by atoms with E-state index in [2.05, 4.69) is 4.90 Å². The van der Waals surface area contributed by atoms with E-state index >= 15 is 0 Å². The standard InChI is InChI=1S/C21H33N3O3/c1-21(22)9-5-4-6-18(21)20(25)24-12-10-23(11-13-24)15-16-14-17(26-2)7-8-19(16)27-3/h7-8,14,18H,4-6,9-13,15,22H2,1-3H3. The second-order valence-corrected chi connectivity index (χ2v) is 8.08. The fraction of sp³-hybridized carbons (Fsp3) is 0.667. The summed E-state index contributed by atoms with van der Waals surface area (Å²) in [7, 11) is 3.36. The van der Waals surface area contributed by atoms with Gasteiger partial charge >= 0.3 is 0 Å². The van der Waals surface area contributed by atoms with Crippen LogP contribution in [0.1, 0.15) is 38.2 Å². The van der Waals surface area contributed by atoms with Crippen LogP contribution in [0.3, 0.4) is 0 Å². The van der Waals surface area contributed by atoms with Crippen LogP contribution >= 0.6 is 0 Å². The van der Waals surface area contributed by atoms with Crippen LogP contribution in [0.15, 0.2) is 18.2 Å². The zero-order chi connectivity index (χ0) is 19.4. The van der Waals surface area contributed by atoms with Crippen LogP contribution in [0.5, 0.6) is 11.5 Å². The van der Waals surface area contributed by atoms with Crippen molar-refractivity contribution in [3.63, 3.8) is 0 Å². The van der Waals surface area contributed by atoms with E-state index in [4.69, 9.17) is 15.2 Å². The van der Waals surface area contributed by atoms with Crippen molar-refractivity contribution < 1.29 is 14.3 Å². The van der Waals surface area contributed by atoms with Gasteiger partial charge in [0.2, 0.25) is 5.91 Å². The molecule has 27 heavy (non-hydrogen) atoms. The van der Waals surface area contributed by atoms with Crippen molar-refractivity contribution in [3.8, 4) is 11.5 Å². The second-order valence-electron chi connectivity index (χ2n) is 8.08. The van der Waals surface area contributed by atoms with Crippen molar-refractivity contribution in [2.24, 2.45) is 11.7 Å². The number of rotatable bonds is 5. The maximum atomic E-state index is 13.0. The minimum Gasteiger partial charge on any atom is -0.497 e. The van der Waals surface area contributed by atoms with Gasteiger partial charge in [0.15, 0.2) is 0 Å². The lowest BCUT2D eigenvalue weighted by Crippen LogP contribution is -2.57. The van der Waals surface area contributed by atoms with Crippen molar-refractivity contribution in [1.82, 2.24) is 9.80 Å². The van der Waals surface area contributed by atoms with E-state index in [9.17, 15) is 4.79 Å². The van der Waals surface area contributed by atoms with Gasteiger partial charge in [-0.25, -0.2) is 0 Å². The molecule has 2 atom stereocenters. The Labute approximate surface area is 162 Å². The first-order chi connectivity index (χ1) is 12.9. The highest BCUT2D eigenvalue weighted by Gasteiger charge is 2.40. The van der Waals surface area contributed by atoms with Crippen LogP contribution in [0.2, 0.25) is 0 Å². The summed E-state index contributed by atoms with van der Waals surface area (Å²) in [5, 5.41) is 0. The Kier molecular flexibility index (Phi) is 6.27. The number of methoxy groups -OCH3 is 2. The maximum absolute atomic E-state index is 13.0. The monoisotopic (exact) mass is 375 g/mol. The average Bonchev–Trinajstić information content (AvgIpc) is 2.67. The van der Waals surface area contributed by atoms with Gasteiger partial charge in [-0.3, -0.25) is 9.69 Å². The molecule has 3 rings (SSSR count). The van der Waals surface area contributed by atoms with Crippen LogP contribution in [0.4, 0.5) is 0 Å². The summed E-state index contributed by atoms with van der Waals surface area (Å²) >= 11 is 0. The number of amides is 1. The van der Waals surface area contributed by atoms with Gasteiger partial charge in [0.1, 0.15) is 11.5 Å². The SMILES string of the molecule is COc1ccc(OC)c(CN2CCN(C(=O)C3CCCCC3(C)N)CC2)c1. The third kappa shape index (κ3) is 4.55. The quantitative estimate of drug-likeness (QED) is 0.855. The molecule has 2 aliphatic rings. The molecule has 1 saturated carbocycles. The molecule has 6 nitrogen and oxygen atoms in total. The van der Waals surface area contributed by atoms with Crippen LogP contribution < -0.4 is 15.2 Å². The molecule has 1 aliphatic heterocycles. The Hall–Kier alpha value is -1.79. The van der Waals surface area contributed by atoms with Gasteiger partial charge in [-0.15, -0.1) is 0 Å². The topological polar surface area (TPSA) is 68.0 Å². The van der Waals surface area contributed by atoms with E-state index in [1.54, 1.807) is 14.2 Å². The molecule has 1 heterocycles. The normalized spacial score (nSPS) is 26.7. The van der Waals surface area contributed by atoms with E-state index in [-0.39, 0.29) is 17.4 Å². The first kappa shape index (κ1) is 20.0. The zero-order valence-corrected chi connectivity index (χ0v) is 16.9. The fourth-order valence-electron chi connectivity index (χ4n) is 4.36. The molecule has 2 N–H and O–H groups in total. The minimum absolute atomic E-state index is 0.0312. The maximum Gasteiger partial charge on any atom is 0.227 e. The highest BCUT2D eigenvalue weighted by molar-refractivity contribution is 5.80. The predicted octanol–water partition coefficient (Wildman–Crippen LogP) is 2.26. The molecule has 0 aromatic heterocycles. The Morgan fingerprint density at radius 2 is 1.93 bits per heavy atom. The molecule has 1 aliphatic carbocycles. The van der Waals surface area contributed by atoms with Crippen LogP contribution in [-0.2, 0) is 11.3 Å². The number of piperazine rings is 1. The summed E-state index contributed by atoms with van der Waals surface area (Å²) in [6, 6.07) is 5.88. The molecule has 1 aromatic carbocycles. The van der Waals surface area contributed by atoms with E-state index in [1.165, 1.54) is 0 Å². The molecule has 6 heteroatoms. The van der Waals surface area contributed by atoms with E-state index in [1.807, 2.05) is 30.0 Å². The summed E-state index contributed by atoms with van der Waals surface area (Å²) in [4.78, 5) is 17.4. The largest absolute Gasteiger partial charge is 0.497 e. The summed E-state index contributed by atoms with van der Waals surface area (Å²) in [6.07, 6.45) is 4.11. The number of nitrogens with two attached hydrogens (primary N) is 1. The number of nitrogens with zero attached hydrogens (tertiary/aromatic N) is 2. The number of ether oxygens (including phenoxy) is 2. The Bertz CT molecular complexity index is 654. The van der Waals surface area contributed by atoms with Gasteiger partial charge in [0.05, 0.1) is 20.1 Å². The highest BCUT2D eigenvalue weighted by atomic mass is 16.5. The average molecular weight is 376 g/mol. The van der Waals surface area contributed by atoms with Gasteiger partial charge in [0, 0.05) is 43.8 Å². The molecule has 1 saturated heterocycles. The minimum atomic E-state index is -0.361. The van der Waals surface area contributed by atoms with E-state index < -0.39 is 0 Å². The van der Waals surface area contributed by atoms with E-state index in [0.29, 0.717) is 0 Å². The van der Waals surface area contributed by atoms with Crippen molar-refractivity contribution in [1.29, 1.82) is 0 Å². The molecule has 1 aromatic rings. The lowest BCUT2D eigenvalue weighted by atomic mass is 9.74. The highest BCUT2D eigenvalue weighted by Crippen LogP contribution is 2.33. The molecule has 2 fully saturated rings. The van der Waals surface area contributed by atoms with Crippen molar-refractivity contribution in [2.45, 2.75) is 44.7 Å². The smallest absolute Gasteiger partial charge is 0.227 e. The lowest BCUT2D eigenvalue weighted by molar-refractivity contribution is -0.140. The molecule has 0 bridgehead atoms.